The number of ether oxygens (including phenoxy) is 1. The average molecular weight is 263 g/mol. The van der Waals surface area contributed by atoms with E-state index in [2.05, 4.69) is 20.2 Å². The lowest BCUT2D eigenvalue weighted by molar-refractivity contribution is 0.103. The molecule has 6 heteroatoms. The van der Waals surface area contributed by atoms with Crippen LogP contribution in [0.25, 0.3) is 0 Å². The van der Waals surface area contributed by atoms with Gasteiger partial charge in [-0.15, -0.1) is 0 Å². The van der Waals surface area contributed by atoms with Crippen LogP contribution in [0.1, 0.15) is 25.0 Å². The van der Waals surface area contributed by atoms with Gasteiger partial charge in [-0.05, 0) is 26.3 Å². The molecular formula is C13H21N5O. The van der Waals surface area contributed by atoms with Gasteiger partial charge >= 0.3 is 0 Å². The highest BCUT2D eigenvalue weighted by Crippen LogP contribution is 2.25. The van der Waals surface area contributed by atoms with E-state index in [4.69, 9.17) is 10.5 Å². The summed E-state index contributed by atoms with van der Waals surface area (Å²) >= 11 is 0. The summed E-state index contributed by atoms with van der Waals surface area (Å²) in [4.78, 5) is 10.8. The summed E-state index contributed by atoms with van der Waals surface area (Å²) in [6, 6.07) is 2.53. The lowest BCUT2D eigenvalue weighted by atomic mass is 10.3. The van der Waals surface area contributed by atoms with Crippen molar-refractivity contribution >= 4 is 11.8 Å². The van der Waals surface area contributed by atoms with Crippen LogP contribution in [-0.4, -0.2) is 42.3 Å². The second-order valence-corrected chi connectivity index (χ2v) is 5.31. The second kappa shape index (κ2) is 5.30. The molecule has 1 atom stereocenters. The van der Waals surface area contributed by atoms with E-state index in [9.17, 15) is 0 Å². The predicted molar refractivity (Wildman–Crippen MR) is 73.9 cm³/mol. The first-order valence-electron chi connectivity index (χ1n) is 6.92. The van der Waals surface area contributed by atoms with Crippen molar-refractivity contribution in [2.45, 2.75) is 38.0 Å². The first kappa shape index (κ1) is 12.6. The van der Waals surface area contributed by atoms with Crippen molar-refractivity contribution in [1.82, 2.24) is 15.3 Å². The number of hydrogen-bond donors (Lipinski definition) is 2. The number of rotatable bonds is 5. The smallest absolute Gasteiger partial charge is 0.222 e. The molecule has 104 valence electrons. The van der Waals surface area contributed by atoms with Gasteiger partial charge in [0.05, 0.1) is 18.4 Å². The van der Waals surface area contributed by atoms with Crippen molar-refractivity contribution in [2.75, 3.05) is 30.8 Å². The van der Waals surface area contributed by atoms with Gasteiger partial charge in [0.2, 0.25) is 5.95 Å². The third-order valence-corrected chi connectivity index (χ3v) is 3.69. The summed E-state index contributed by atoms with van der Waals surface area (Å²) < 4.78 is 5.68. The van der Waals surface area contributed by atoms with Gasteiger partial charge in [0, 0.05) is 25.2 Å². The molecule has 1 unspecified atom stereocenters. The standard InChI is InChI=1S/C13H21N5O/c1-15-9-4-5-18(7-9)12-6-10(16-13(14)17-12)8-19-11-2-3-11/h6,9,11,15H,2-5,7-8H2,1H3,(H2,14,16,17). The normalized spacial score (nSPS) is 23.0. The zero-order valence-corrected chi connectivity index (χ0v) is 11.3. The molecule has 2 heterocycles. The topological polar surface area (TPSA) is 76.3 Å². The summed E-state index contributed by atoms with van der Waals surface area (Å²) in [5, 5.41) is 3.30. The van der Waals surface area contributed by atoms with Crippen molar-refractivity contribution in [2.24, 2.45) is 0 Å². The number of aromatic nitrogens is 2. The van der Waals surface area contributed by atoms with E-state index in [-0.39, 0.29) is 0 Å². The van der Waals surface area contributed by atoms with E-state index < -0.39 is 0 Å². The molecule has 0 spiro atoms. The highest BCUT2D eigenvalue weighted by atomic mass is 16.5. The van der Waals surface area contributed by atoms with E-state index in [0.29, 0.717) is 24.7 Å². The van der Waals surface area contributed by atoms with Crippen LogP contribution < -0.4 is 16.0 Å². The van der Waals surface area contributed by atoms with Crippen LogP contribution in [-0.2, 0) is 11.3 Å². The van der Waals surface area contributed by atoms with Gasteiger partial charge in [-0.25, -0.2) is 4.98 Å². The minimum Gasteiger partial charge on any atom is -0.372 e. The van der Waals surface area contributed by atoms with Gasteiger partial charge in [0.1, 0.15) is 5.82 Å². The molecule has 0 radical (unpaired) electrons. The molecule has 0 amide bonds. The fraction of sp³-hybridized carbons (Fsp3) is 0.692. The predicted octanol–water partition coefficient (Wildman–Crippen LogP) is 0.536. The minimum absolute atomic E-state index is 0.333. The summed E-state index contributed by atoms with van der Waals surface area (Å²) in [6.07, 6.45) is 3.90. The molecular weight excluding hydrogens is 242 g/mol. The van der Waals surface area contributed by atoms with E-state index in [0.717, 1.165) is 31.0 Å². The maximum absolute atomic E-state index is 5.80. The van der Waals surface area contributed by atoms with E-state index in [1.165, 1.54) is 12.8 Å². The number of nitrogen functional groups attached to an aromatic ring is 1. The molecule has 0 aromatic carbocycles. The highest BCUT2D eigenvalue weighted by Gasteiger charge is 2.24. The van der Waals surface area contributed by atoms with Gasteiger partial charge in [-0.3, -0.25) is 0 Å². The van der Waals surface area contributed by atoms with Gasteiger partial charge in [-0.2, -0.15) is 4.98 Å². The Hall–Kier alpha value is -1.40. The quantitative estimate of drug-likeness (QED) is 0.807. The van der Waals surface area contributed by atoms with Crippen LogP contribution in [0.4, 0.5) is 11.8 Å². The Morgan fingerprint density at radius 1 is 1.42 bits per heavy atom. The average Bonchev–Trinajstić information content (AvgIpc) is 3.11. The van der Waals surface area contributed by atoms with Crippen molar-refractivity contribution < 1.29 is 4.74 Å². The molecule has 19 heavy (non-hydrogen) atoms. The minimum atomic E-state index is 0.333. The van der Waals surface area contributed by atoms with Crippen molar-refractivity contribution in [1.29, 1.82) is 0 Å². The van der Waals surface area contributed by atoms with Crippen LogP contribution in [0.5, 0.6) is 0 Å². The number of nitrogens with two attached hydrogens (primary N) is 1. The number of nitrogens with one attached hydrogen (secondary N) is 1. The van der Waals surface area contributed by atoms with E-state index in [1.807, 2.05) is 13.1 Å². The third-order valence-electron chi connectivity index (χ3n) is 3.69. The van der Waals surface area contributed by atoms with Gasteiger partial charge < -0.3 is 20.7 Å². The molecule has 1 aromatic heterocycles. The fourth-order valence-corrected chi connectivity index (χ4v) is 2.38. The molecule has 3 rings (SSSR count). The van der Waals surface area contributed by atoms with E-state index >= 15 is 0 Å². The molecule has 6 nitrogen and oxygen atoms in total. The fourth-order valence-electron chi connectivity index (χ4n) is 2.38. The first-order chi connectivity index (χ1) is 9.24. The second-order valence-electron chi connectivity index (χ2n) is 5.31. The summed E-state index contributed by atoms with van der Waals surface area (Å²) in [5.41, 5.74) is 6.67. The molecule has 2 aliphatic rings. The first-order valence-corrected chi connectivity index (χ1v) is 6.92. The Balaban J connectivity index is 1.69. The lowest BCUT2D eigenvalue weighted by Crippen LogP contribution is -2.30. The van der Waals surface area contributed by atoms with Crippen LogP contribution in [0.2, 0.25) is 0 Å². The zero-order chi connectivity index (χ0) is 13.2. The molecule has 0 bridgehead atoms. The molecule has 1 aliphatic carbocycles. The number of hydrogen-bond acceptors (Lipinski definition) is 6. The van der Waals surface area contributed by atoms with Crippen molar-refractivity contribution in [3.63, 3.8) is 0 Å². The Morgan fingerprint density at radius 2 is 2.26 bits per heavy atom. The molecule has 1 aliphatic heterocycles. The van der Waals surface area contributed by atoms with Crippen LogP contribution in [0.3, 0.4) is 0 Å². The largest absolute Gasteiger partial charge is 0.372 e. The number of anilines is 2. The van der Waals surface area contributed by atoms with Gasteiger partial charge in [0.25, 0.3) is 0 Å². The third kappa shape index (κ3) is 3.13. The Bertz CT molecular complexity index is 449. The molecule has 2 fully saturated rings. The van der Waals surface area contributed by atoms with Crippen molar-refractivity contribution in [3.8, 4) is 0 Å². The van der Waals surface area contributed by atoms with E-state index in [1.54, 1.807) is 0 Å². The molecule has 3 N–H and O–H groups in total. The molecule has 1 saturated heterocycles. The summed E-state index contributed by atoms with van der Waals surface area (Å²) in [7, 11) is 2.00. The molecule has 1 saturated carbocycles. The highest BCUT2D eigenvalue weighted by molar-refractivity contribution is 5.44. The summed E-state index contributed by atoms with van der Waals surface area (Å²) in [5.74, 6) is 1.25. The molecule has 1 aromatic rings. The Morgan fingerprint density at radius 3 is 2.95 bits per heavy atom. The monoisotopic (exact) mass is 263 g/mol. The number of nitrogens with zero attached hydrogens (tertiary/aromatic N) is 3. The summed E-state index contributed by atoms with van der Waals surface area (Å²) in [6.45, 7) is 2.51. The zero-order valence-electron chi connectivity index (χ0n) is 11.3. The maximum Gasteiger partial charge on any atom is 0.222 e. The number of likely N-dealkylation sites (N-methyl/N-ethyl adjacent to an activating group) is 1. The van der Waals surface area contributed by atoms with Crippen LogP contribution in [0, 0.1) is 0 Å². The van der Waals surface area contributed by atoms with Crippen LogP contribution in [0.15, 0.2) is 6.07 Å². The van der Waals surface area contributed by atoms with Gasteiger partial charge in [-0.1, -0.05) is 0 Å². The Kier molecular flexibility index (Phi) is 3.52. The van der Waals surface area contributed by atoms with Gasteiger partial charge in [0.15, 0.2) is 0 Å². The van der Waals surface area contributed by atoms with Crippen molar-refractivity contribution in [3.05, 3.63) is 11.8 Å². The lowest BCUT2D eigenvalue weighted by Gasteiger charge is -2.18. The maximum atomic E-state index is 5.80. The Labute approximate surface area is 113 Å². The van der Waals surface area contributed by atoms with Crippen LogP contribution >= 0.6 is 0 Å². The SMILES string of the molecule is CNC1CCN(c2cc(COC3CC3)nc(N)n2)C1.